The fourth-order valence-electron chi connectivity index (χ4n) is 3.17. The Morgan fingerprint density at radius 1 is 1.23 bits per heavy atom. The summed E-state index contributed by atoms with van der Waals surface area (Å²) >= 11 is 9.63. The zero-order valence-electron chi connectivity index (χ0n) is 11.8. The van der Waals surface area contributed by atoms with Crippen LogP contribution in [0.25, 0.3) is 0 Å². The maximum atomic E-state index is 13.9. The van der Waals surface area contributed by atoms with Gasteiger partial charge in [0, 0.05) is 4.47 Å². The first kappa shape index (κ1) is 15.6. The zero-order chi connectivity index (χ0) is 15.9. The average molecular weight is 389 g/mol. The summed E-state index contributed by atoms with van der Waals surface area (Å²) in [6.07, 6.45) is 4.66. The Morgan fingerprint density at radius 3 is 2.59 bits per heavy atom. The fourth-order valence-corrected chi connectivity index (χ4v) is 3.79. The second-order valence-corrected chi connectivity index (χ2v) is 6.77. The number of rotatable bonds is 1. The number of hydrogen-bond donors (Lipinski definition) is 2. The Kier molecular flexibility index (Phi) is 4.03. The number of hydrogen-bond acceptors (Lipinski definition) is 5. The van der Waals surface area contributed by atoms with Crippen LogP contribution in [0.5, 0.6) is 0 Å². The van der Waals surface area contributed by atoms with Gasteiger partial charge in [0.2, 0.25) is 11.9 Å². The molecule has 5 nitrogen and oxygen atoms in total. The number of anilines is 1. The van der Waals surface area contributed by atoms with Crippen LogP contribution in [0.4, 0.5) is 10.1 Å². The van der Waals surface area contributed by atoms with Crippen molar-refractivity contribution in [2.45, 2.75) is 37.8 Å². The Hall–Kier alpha value is -1.34. The highest BCUT2D eigenvalue weighted by Gasteiger charge is 2.43. The van der Waals surface area contributed by atoms with Gasteiger partial charge in [0.05, 0.1) is 10.7 Å². The Balaban J connectivity index is 2.16. The lowest BCUT2D eigenvalue weighted by molar-refractivity contribution is 0.305. The average Bonchev–Trinajstić information content (AvgIpc) is 2.44. The molecule has 1 aromatic carbocycles. The SMILES string of the molecule is NC1=NC2(CCCCC2)N(c2cc(F)cc(Br)c2Cl)C(N)=N1. The summed E-state index contributed by atoms with van der Waals surface area (Å²) in [4.78, 5) is 10.3. The van der Waals surface area contributed by atoms with Gasteiger partial charge >= 0.3 is 0 Å². The molecule has 3 rings (SSSR count). The number of halogens is 3. The van der Waals surface area contributed by atoms with E-state index in [-0.39, 0.29) is 11.9 Å². The van der Waals surface area contributed by atoms with Gasteiger partial charge in [0.15, 0.2) is 0 Å². The predicted molar refractivity (Wildman–Crippen MR) is 90.6 cm³/mol. The molecule has 0 amide bonds. The molecule has 118 valence electrons. The molecule has 0 radical (unpaired) electrons. The van der Waals surface area contributed by atoms with Gasteiger partial charge in [-0.2, -0.15) is 4.99 Å². The highest BCUT2D eigenvalue weighted by atomic mass is 79.9. The number of nitrogens with zero attached hydrogens (tertiary/aromatic N) is 3. The monoisotopic (exact) mass is 387 g/mol. The predicted octanol–water partition coefficient (Wildman–Crippen LogP) is 3.35. The summed E-state index contributed by atoms with van der Waals surface area (Å²) in [5, 5.41) is 0.375. The normalized spacial score (nSPS) is 20.8. The van der Waals surface area contributed by atoms with Crippen LogP contribution in [-0.2, 0) is 0 Å². The molecule has 0 bridgehead atoms. The summed E-state index contributed by atoms with van der Waals surface area (Å²) in [5.41, 5.74) is 11.7. The summed E-state index contributed by atoms with van der Waals surface area (Å²) < 4.78 is 14.3. The van der Waals surface area contributed by atoms with Crippen LogP contribution in [0, 0.1) is 5.82 Å². The van der Waals surface area contributed by atoms with Crippen molar-refractivity contribution in [3.63, 3.8) is 0 Å². The van der Waals surface area contributed by atoms with E-state index in [2.05, 4.69) is 25.9 Å². The third-order valence-electron chi connectivity index (χ3n) is 4.07. The van der Waals surface area contributed by atoms with Gasteiger partial charge in [-0.05, 0) is 53.7 Å². The van der Waals surface area contributed by atoms with Gasteiger partial charge in [0.25, 0.3) is 0 Å². The van der Waals surface area contributed by atoms with Gasteiger partial charge in [-0.1, -0.05) is 18.0 Å². The van der Waals surface area contributed by atoms with Gasteiger partial charge < -0.3 is 11.5 Å². The first-order valence-corrected chi connectivity index (χ1v) is 8.24. The minimum Gasteiger partial charge on any atom is -0.369 e. The summed E-state index contributed by atoms with van der Waals surface area (Å²) in [6.45, 7) is 0. The molecule has 22 heavy (non-hydrogen) atoms. The van der Waals surface area contributed by atoms with Gasteiger partial charge in [-0.25, -0.2) is 9.38 Å². The summed E-state index contributed by atoms with van der Waals surface area (Å²) in [6, 6.07) is 2.66. The highest BCUT2D eigenvalue weighted by molar-refractivity contribution is 9.10. The van der Waals surface area contributed by atoms with E-state index in [1.54, 1.807) is 4.90 Å². The molecule has 4 N–H and O–H groups in total. The third kappa shape index (κ3) is 2.56. The molecular weight excluding hydrogens is 373 g/mol. The molecule has 1 aliphatic heterocycles. The Bertz CT molecular complexity index is 669. The molecule has 0 aromatic heterocycles. The molecule has 0 saturated heterocycles. The van der Waals surface area contributed by atoms with E-state index in [1.165, 1.54) is 12.1 Å². The fraction of sp³-hybridized carbons (Fsp3) is 0.429. The Labute approximate surface area is 141 Å². The van der Waals surface area contributed by atoms with Crippen molar-refractivity contribution in [1.82, 2.24) is 0 Å². The van der Waals surface area contributed by atoms with Crippen LogP contribution < -0.4 is 16.4 Å². The van der Waals surface area contributed by atoms with Crippen molar-refractivity contribution in [3.8, 4) is 0 Å². The van der Waals surface area contributed by atoms with E-state index in [0.717, 1.165) is 32.1 Å². The maximum Gasteiger partial charge on any atom is 0.220 e. The first-order valence-electron chi connectivity index (χ1n) is 7.07. The molecule has 0 atom stereocenters. The highest BCUT2D eigenvalue weighted by Crippen LogP contribution is 2.43. The molecule has 1 spiro atoms. The molecule has 1 saturated carbocycles. The number of guanidine groups is 2. The van der Waals surface area contributed by atoms with E-state index < -0.39 is 11.5 Å². The van der Waals surface area contributed by atoms with E-state index in [1.807, 2.05) is 0 Å². The quantitative estimate of drug-likeness (QED) is 0.724. The molecule has 1 aliphatic carbocycles. The second kappa shape index (κ2) is 5.70. The molecule has 0 unspecified atom stereocenters. The lowest BCUT2D eigenvalue weighted by atomic mass is 9.87. The van der Waals surface area contributed by atoms with E-state index >= 15 is 0 Å². The molecular formula is C14H16BrClFN5. The van der Waals surface area contributed by atoms with Crippen molar-refractivity contribution in [3.05, 3.63) is 27.4 Å². The molecule has 8 heteroatoms. The minimum atomic E-state index is -0.634. The smallest absolute Gasteiger partial charge is 0.220 e. The number of aliphatic imine (C=N–C) groups is 2. The largest absolute Gasteiger partial charge is 0.369 e. The lowest BCUT2D eigenvalue weighted by Gasteiger charge is -2.45. The van der Waals surface area contributed by atoms with Gasteiger partial charge in [0.1, 0.15) is 11.5 Å². The van der Waals surface area contributed by atoms with Crippen molar-refractivity contribution >= 4 is 45.1 Å². The van der Waals surface area contributed by atoms with E-state index in [9.17, 15) is 4.39 Å². The van der Waals surface area contributed by atoms with E-state index in [0.29, 0.717) is 15.2 Å². The van der Waals surface area contributed by atoms with E-state index in [4.69, 9.17) is 23.1 Å². The zero-order valence-corrected chi connectivity index (χ0v) is 14.2. The second-order valence-electron chi connectivity index (χ2n) is 5.54. The molecule has 1 heterocycles. The van der Waals surface area contributed by atoms with Crippen molar-refractivity contribution in [1.29, 1.82) is 0 Å². The Morgan fingerprint density at radius 2 is 1.91 bits per heavy atom. The van der Waals surface area contributed by atoms with Crippen molar-refractivity contribution in [2.24, 2.45) is 21.5 Å². The van der Waals surface area contributed by atoms with Crippen LogP contribution in [0.1, 0.15) is 32.1 Å². The maximum absolute atomic E-state index is 13.9. The van der Waals surface area contributed by atoms with Crippen molar-refractivity contribution in [2.75, 3.05) is 4.90 Å². The first-order chi connectivity index (χ1) is 10.4. The van der Waals surface area contributed by atoms with Crippen LogP contribution in [-0.4, -0.2) is 17.6 Å². The molecule has 2 aliphatic rings. The van der Waals surface area contributed by atoms with Crippen LogP contribution >= 0.6 is 27.5 Å². The van der Waals surface area contributed by atoms with Gasteiger partial charge in [-0.3, -0.25) is 4.90 Å². The topological polar surface area (TPSA) is 80.0 Å². The number of benzene rings is 1. The molecule has 1 fully saturated rings. The number of nitrogens with two attached hydrogens (primary N) is 2. The lowest BCUT2D eigenvalue weighted by Crippen LogP contribution is -2.58. The standard InChI is InChI=1S/C14H16BrClFN5/c15-9-6-8(17)7-10(11(9)16)22-13(19)20-12(18)21-14(22)4-2-1-3-5-14/h6-7H,1-5H2,(H4,18,19,20,21). The van der Waals surface area contributed by atoms with Crippen LogP contribution in [0.15, 0.2) is 26.6 Å². The summed E-state index contributed by atoms with van der Waals surface area (Å²) in [5.74, 6) is -0.0661. The molecule has 1 aromatic rings. The van der Waals surface area contributed by atoms with Crippen molar-refractivity contribution < 1.29 is 4.39 Å². The van der Waals surface area contributed by atoms with Crippen LogP contribution in [0.2, 0.25) is 5.02 Å². The summed E-state index contributed by atoms with van der Waals surface area (Å²) in [7, 11) is 0. The van der Waals surface area contributed by atoms with Gasteiger partial charge in [-0.15, -0.1) is 0 Å². The minimum absolute atomic E-state index is 0.155. The third-order valence-corrected chi connectivity index (χ3v) is 5.32. The van der Waals surface area contributed by atoms with Crippen LogP contribution in [0.3, 0.4) is 0 Å².